The first kappa shape index (κ1) is 23.1. The Morgan fingerprint density at radius 1 is 0.909 bits per heavy atom. The van der Waals surface area contributed by atoms with Crippen molar-refractivity contribution in [3.63, 3.8) is 0 Å². The highest BCUT2D eigenvalue weighted by Gasteiger charge is 2.23. The number of anilines is 2. The molecule has 0 atom stereocenters. The number of hydrazone groups is 1. The number of rotatable bonds is 9. The maximum absolute atomic E-state index is 13.1. The molecule has 0 saturated heterocycles. The Bertz CT molecular complexity index is 1340. The van der Waals surface area contributed by atoms with Crippen LogP contribution in [0.1, 0.15) is 5.56 Å². The Kier molecular flexibility index (Phi) is 6.83. The molecule has 3 rings (SSSR count). The second kappa shape index (κ2) is 9.74. The molecule has 170 valence electrons. The average molecular weight is 471 g/mol. The number of sulfonamides is 1. The van der Waals surface area contributed by atoms with E-state index in [0.717, 1.165) is 12.1 Å². The van der Waals surface area contributed by atoms with E-state index in [2.05, 4.69) is 15.2 Å². The van der Waals surface area contributed by atoms with Crippen LogP contribution >= 0.6 is 0 Å². The summed E-state index contributed by atoms with van der Waals surface area (Å²) in [4.78, 5) is 20.4. The number of non-ortho nitro benzene ring substituents is 2. The maximum atomic E-state index is 13.1. The van der Waals surface area contributed by atoms with Crippen LogP contribution in [-0.2, 0) is 10.0 Å². The molecule has 0 bridgehead atoms. The fourth-order valence-corrected chi connectivity index (χ4v) is 4.01. The van der Waals surface area contributed by atoms with Crippen LogP contribution in [0.2, 0.25) is 0 Å². The van der Waals surface area contributed by atoms with Gasteiger partial charge in [0.1, 0.15) is 10.6 Å². The average Bonchev–Trinajstić information content (AvgIpc) is 2.79. The van der Waals surface area contributed by atoms with E-state index in [1.165, 1.54) is 43.7 Å². The smallest absolute Gasteiger partial charge is 0.270 e. The molecule has 0 aliphatic carbocycles. The number of hydrogen-bond acceptors (Lipinski definition) is 9. The van der Waals surface area contributed by atoms with E-state index >= 15 is 0 Å². The standard InChI is InChI=1S/C20H17N5O7S/c1-32-19-8-3-2-7-17(19)23-33(30,31)20-12-16(25(28)29)9-10-18(20)22-21-13-14-5-4-6-15(11-14)24(26)27/h2-13,22-23H,1H3. The fourth-order valence-electron chi connectivity index (χ4n) is 2.76. The Balaban J connectivity index is 1.95. The summed E-state index contributed by atoms with van der Waals surface area (Å²) in [6.07, 6.45) is 1.25. The van der Waals surface area contributed by atoms with Crippen LogP contribution in [0.4, 0.5) is 22.7 Å². The third-order valence-electron chi connectivity index (χ3n) is 4.30. The van der Waals surface area contributed by atoms with E-state index in [-0.39, 0.29) is 22.8 Å². The zero-order valence-electron chi connectivity index (χ0n) is 17.0. The maximum Gasteiger partial charge on any atom is 0.270 e. The molecule has 0 saturated carbocycles. The van der Waals surface area contributed by atoms with Gasteiger partial charge < -0.3 is 4.74 Å². The van der Waals surface area contributed by atoms with Crippen LogP contribution in [0, 0.1) is 20.2 Å². The molecule has 0 aromatic heterocycles. The second-order valence-electron chi connectivity index (χ2n) is 6.47. The predicted octanol–water partition coefficient (Wildman–Crippen LogP) is 3.76. The predicted molar refractivity (Wildman–Crippen MR) is 121 cm³/mol. The molecule has 0 spiro atoms. The van der Waals surface area contributed by atoms with Crippen LogP contribution in [0.3, 0.4) is 0 Å². The molecule has 12 nitrogen and oxygen atoms in total. The number of nitrogens with zero attached hydrogens (tertiary/aromatic N) is 3. The molecule has 3 aromatic carbocycles. The van der Waals surface area contributed by atoms with Crippen molar-refractivity contribution in [2.75, 3.05) is 17.3 Å². The third-order valence-corrected chi connectivity index (χ3v) is 5.70. The summed E-state index contributed by atoms with van der Waals surface area (Å²) in [6, 6.07) is 15.1. The zero-order chi connectivity index (χ0) is 24.0. The highest BCUT2D eigenvalue weighted by Crippen LogP contribution is 2.31. The summed E-state index contributed by atoms with van der Waals surface area (Å²) in [5.74, 6) is 0.254. The lowest BCUT2D eigenvalue weighted by molar-refractivity contribution is -0.385. The van der Waals surface area contributed by atoms with Gasteiger partial charge in [-0.1, -0.05) is 24.3 Å². The number of ether oxygens (including phenoxy) is 1. The largest absolute Gasteiger partial charge is 0.495 e. The summed E-state index contributed by atoms with van der Waals surface area (Å²) in [5.41, 5.74) is 2.41. The molecule has 0 heterocycles. The van der Waals surface area contributed by atoms with Gasteiger partial charge in [0.25, 0.3) is 21.4 Å². The Hall–Kier alpha value is -4.52. The van der Waals surface area contributed by atoms with Crippen molar-refractivity contribution in [3.8, 4) is 5.75 Å². The van der Waals surface area contributed by atoms with Gasteiger partial charge >= 0.3 is 0 Å². The minimum absolute atomic E-state index is 0.0512. The van der Waals surface area contributed by atoms with Crippen molar-refractivity contribution < 1.29 is 23.0 Å². The normalized spacial score (nSPS) is 11.2. The van der Waals surface area contributed by atoms with Crippen LogP contribution in [0.25, 0.3) is 0 Å². The van der Waals surface area contributed by atoms with E-state index in [1.54, 1.807) is 24.3 Å². The van der Waals surface area contributed by atoms with Crippen LogP contribution < -0.4 is 14.9 Å². The number of hydrogen-bond donors (Lipinski definition) is 2. The zero-order valence-corrected chi connectivity index (χ0v) is 17.9. The van der Waals surface area contributed by atoms with Gasteiger partial charge in [-0.3, -0.25) is 30.4 Å². The van der Waals surface area contributed by atoms with Crippen LogP contribution in [0.5, 0.6) is 5.75 Å². The summed E-state index contributed by atoms with van der Waals surface area (Å²) in [7, 11) is -2.93. The van der Waals surface area contributed by atoms with Gasteiger partial charge in [0.05, 0.1) is 34.5 Å². The first-order chi connectivity index (χ1) is 15.7. The van der Waals surface area contributed by atoms with Crippen molar-refractivity contribution in [2.24, 2.45) is 5.10 Å². The lowest BCUT2D eigenvalue weighted by atomic mass is 10.2. The van der Waals surface area contributed by atoms with Crippen molar-refractivity contribution in [1.29, 1.82) is 0 Å². The van der Waals surface area contributed by atoms with Gasteiger partial charge in [0, 0.05) is 29.8 Å². The molecule has 13 heteroatoms. The first-order valence-corrected chi connectivity index (χ1v) is 10.7. The monoisotopic (exact) mass is 471 g/mol. The van der Waals surface area contributed by atoms with E-state index in [1.807, 2.05) is 0 Å². The second-order valence-corrected chi connectivity index (χ2v) is 8.12. The molecule has 0 fully saturated rings. The molecule has 0 aliphatic heterocycles. The summed E-state index contributed by atoms with van der Waals surface area (Å²) < 4.78 is 33.6. The number of para-hydroxylation sites is 2. The Morgan fingerprint density at radius 2 is 1.61 bits per heavy atom. The SMILES string of the molecule is COc1ccccc1NS(=O)(=O)c1cc([N+](=O)[O-])ccc1NN=Cc1cccc([N+](=O)[O-])c1. The van der Waals surface area contributed by atoms with Crippen LogP contribution in [-0.4, -0.2) is 31.6 Å². The molecule has 3 aromatic rings. The lowest BCUT2D eigenvalue weighted by Crippen LogP contribution is -2.15. The third kappa shape index (κ3) is 5.59. The molecular formula is C20H17N5O7S. The number of methoxy groups -OCH3 is 1. The molecule has 0 amide bonds. The number of nitro groups is 2. The molecule has 2 N–H and O–H groups in total. The molecule has 0 aliphatic rings. The molecule has 33 heavy (non-hydrogen) atoms. The molecule has 0 radical (unpaired) electrons. The number of benzene rings is 3. The van der Waals surface area contributed by atoms with Crippen molar-refractivity contribution >= 4 is 39.0 Å². The van der Waals surface area contributed by atoms with E-state index in [9.17, 15) is 28.6 Å². The van der Waals surface area contributed by atoms with E-state index < -0.39 is 30.5 Å². The van der Waals surface area contributed by atoms with Crippen molar-refractivity contribution in [2.45, 2.75) is 4.90 Å². The number of nitro benzene ring substituents is 2. The van der Waals surface area contributed by atoms with E-state index in [4.69, 9.17) is 4.74 Å². The van der Waals surface area contributed by atoms with E-state index in [0.29, 0.717) is 5.56 Å². The minimum Gasteiger partial charge on any atom is -0.495 e. The minimum atomic E-state index is -4.31. The van der Waals surface area contributed by atoms with Crippen molar-refractivity contribution in [3.05, 3.63) is 92.5 Å². The van der Waals surface area contributed by atoms with Crippen LogP contribution in [0.15, 0.2) is 76.7 Å². The summed E-state index contributed by atoms with van der Waals surface area (Å²) in [6.45, 7) is 0. The fraction of sp³-hybridized carbons (Fsp3) is 0.0500. The van der Waals surface area contributed by atoms with Gasteiger partial charge in [-0.25, -0.2) is 8.42 Å². The highest BCUT2D eigenvalue weighted by atomic mass is 32.2. The Morgan fingerprint density at radius 3 is 2.30 bits per heavy atom. The molecular weight excluding hydrogens is 454 g/mol. The number of nitrogens with one attached hydrogen (secondary N) is 2. The lowest BCUT2D eigenvalue weighted by Gasteiger charge is -2.14. The van der Waals surface area contributed by atoms with Gasteiger partial charge in [0.15, 0.2) is 0 Å². The highest BCUT2D eigenvalue weighted by molar-refractivity contribution is 7.93. The first-order valence-electron chi connectivity index (χ1n) is 9.19. The quantitative estimate of drug-likeness (QED) is 0.270. The van der Waals surface area contributed by atoms with Gasteiger partial charge in [-0.2, -0.15) is 5.10 Å². The summed E-state index contributed by atoms with van der Waals surface area (Å²) >= 11 is 0. The van der Waals surface area contributed by atoms with Gasteiger partial charge in [0.2, 0.25) is 0 Å². The van der Waals surface area contributed by atoms with Gasteiger partial charge in [-0.05, 0) is 18.2 Å². The van der Waals surface area contributed by atoms with Gasteiger partial charge in [-0.15, -0.1) is 0 Å². The Labute approximate surface area is 187 Å². The molecule has 0 unspecified atom stereocenters. The van der Waals surface area contributed by atoms with Crippen molar-refractivity contribution in [1.82, 2.24) is 0 Å². The summed E-state index contributed by atoms with van der Waals surface area (Å²) in [5, 5.41) is 26.0. The topological polar surface area (TPSA) is 166 Å².